The summed E-state index contributed by atoms with van der Waals surface area (Å²) >= 11 is 0. The first-order chi connectivity index (χ1) is 26.7. The van der Waals surface area contributed by atoms with E-state index in [9.17, 15) is 5.26 Å². The molecule has 0 aliphatic heterocycles. The molecule has 2 heterocycles. The summed E-state index contributed by atoms with van der Waals surface area (Å²) in [6.45, 7) is 0. The van der Waals surface area contributed by atoms with E-state index in [2.05, 4.69) is 54.6 Å². The Balaban J connectivity index is 1.16. The third kappa shape index (κ3) is 6.38. The van der Waals surface area contributed by atoms with Crippen LogP contribution in [-0.4, -0.2) is 24.9 Å². The highest BCUT2D eigenvalue weighted by atomic mass is 15.0. The van der Waals surface area contributed by atoms with Gasteiger partial charge in [-0.05, 0) is 52.6 Å². The molecule has 54 heavy (non-hydrogen) atoms. The fourth-order valence-electron chi connectivity index (χ4n) is 6.69. The normalized spacial score (nSPS) is 10.9. The molecule has 0 spiro atoms. The molecule has 9 rings (SSSR count). The summed E-state index contributed by atoms with van der Waals surface area (Å²) in [4.78, 5) is 25.3. The molecule has 0 atom stereocenters. The third-order valence-corrected chi connectivity index (χ3v) is 9.39. The van der Waals surface area contributed by atoms with E-state index in [1.54, 1.807) is 0 Å². The summed E-state index contributed by atoms with van der Waals surface area (Å²) in [6.07, 6.45) is 0. The van der Waals surface area contributed by atoms with Crippen molar-refractivity contribution in [2.45, 2.75) is 0 Å². The minimum Gasteiger partial charge on any atom is -0.228 e. The van der Waals surface area contributed by atoms with E-state index in [1.165, 1.54) is 0 Å². The number of aromatic nitrogens is 5. The molecule has 0 amide bonds. The van der Waals surface area contributed by atoms with E-state index in [4.69, 9.17) is 24.9 Å². The molecule has 0 bridgehead atoms. The van der Waals surface area contributed by atoms with Gasteiger partial charge in [-0.1, -0.05) is 152 Å². The highest BCUT2D eigenvalue weighted by Crippen LogP contribution is 2.36. The summed E-state index contributed by atoms with van der Waals surface area (Å²) in [7, 11) is 0. The Bertz CT molecular complexity index is 2830. The molecule has 252 valence electrons. The smallest absolute Gasteiger partial charge is 0.164 e. The van der Waals surface area contributed by atoms with Crippen LogP contribution < -0.4 is 0 Å². The van der Waals surface area contributed by atoms with Crippen molar-refractivity contribution in [2.24, 2.45) is 0 Å². The fourth-order valence-corrected chi connectivity index (χ4v) is 6.69. The Labute approximate surface area is 312 Å². The van der Waals surface area contributed by atoms with Crippen LogP contribution in [0, 0.1) is 11.3 Å². The Morgan fingerprint density at radius 3 is 1.54 bits per heavy atom. The van der Waals surface area contributed by atoms with Crippen molar-refractivity contribution < 1.29 is 0 Å². The quantitative estimate of drug-likeness (QED) is 0.165. The third-order valence-electron chi connectivity index (χ3n) is 9.39. The second-order valence-electron chi connectivity index (χ2n) is 12.8. The van der Waals surface area contributed by atoms with Crippen molar-refractivity contribution in [2.75, 3.05) is 0 Å². The van der Waals surface area contributed by atoms with Crippen LogP contribution in [0.4, 0.5) is 0 Å². The molecule has 0 N–H and O–H groups in total. The van der Waals surface area contributed by atoms with Gasteiger partial charge in [0.25, 0.3) is 0 Å². The van der Waals surface area contributed by atoms with Crippen LogP contribution in [0.2, 0.25) is 0 Å². The second kappa shape index (κ2) is 14.2. The zero-order chi connectivity index (χ0) is 36.3. The van der Waals surface area contributed by atoms with Gasteiger partial charge in [-0.25, -0.2) is 24.9 Å². The second-order valence-corrected chi connectivity index (χ2v) is 12.8. The molecule has 6 heteroatoms. The predicted octanol–water partition coefficient (Wildman–Crippen LogP) is 11.4. The molecule has 2 aromatic heterocycles. The maximum atomic E-state index is 9.29. The SMILES string of the molecule is N#Cc1ccc(-c2cccc(-c3nc(-c4ccccc4)nc(-c4cccc(-c5ccccc5-c5nc(-c6ccccc6)c6ccccc6n5)c4)n3)c2)cc1. The summed E-state index contributed by atoms with van der Waals surface area (Å²) in [5.41, 5.74) is 11.0. The van der Waals surface area contributed by atoms with Crippen LogP contribution in [0.1, 0.15) is 5.56 Å². The molecule has 9 aromatic rings. The van der Waals surface area contributed by atoms with Crippen molar-refractivity contribution >= 4 is 10.9 Å². The highest BCUT2D eigenvalue weighted by molar-refractivity contribution is 5.94. The first kappa shape index (κ1) is 32.3. The van der Waals surface area contributed by atoms with Gasteiger partial charge in [-0.3, -0.25) is 0 Å². The molecule has 0 radical (unpaired) electrons. The van der Waals surface area contributed by atoms with E-state index in [-0.39, 0.29) is 0 Å². The van der Waals surface area contributed by atoms with E-state index >= 15 is 0 Å². The molecule has 0 saturated carbocycles. The van der Waals surface area contributed by atoms with Crippen molar-refractivity contribution in [3.8, 4) is 85.1 Å². The van der Waals surface area contributed by atoms with Gasteiger partial charge in [0.05, 0.1) is 22.8 Å². The predicted molar refractivity (Wildman–Crippen MR) is 216 cm³/mol. The average Bonchev–Trinajstić information content (AvgIpc) is 3.26. The molecule has 0 unspecified atom stereocenters. The van der Waals surface area contributed by atoms with E-state index in [0.717, 1.165) is 66.7 Å². The van der Waals surface area contributed by atoms with E-state index in [1.807, 2.05) is 133 Å². The molecule has 0 saturated heterocycles. The molecular weight excluding hydrogens is 661 g/mol. The lowest BCUT2D eigenvalue weighted by Gasteiger charge is -2.13. The van der Waals surface area contributed by atoms with Gasteiger partial charge in [0.2, 0.25) is 0 Å². The zero-order valence-electron chi connectivity index (χ0n) is 29.0. The van der Waals surface area contributed by atoms with Gasteiger partial charge in [-0.15, -0.1) is 0 Å². The monoisotopic (exact) mass is 690 g/mol. The molecule has 0 fully saturated rings. The highest BCUT2D eigenvalue weighted by Gasteiger charge is 2.17. The first-order valence-corrected chi connectivity index (χ1v) is 17.6. The minimum atomic E-state index is 0.565. The fraction of sp³-hybridized carbons (Fsp3) is 0. The number of para-hydroxylation sites is 1. The van der Waals surface area contributed by atoms with Crippen LogP contribution >= 0.6 is 0 Å². The number of hydrogen-bond acceptors (Lipinski definition) is 6. The van der Waals surface area contributed by atoms with Crippen LogP contribution in [0.25, 0.3) is 90.0 Å². The zero-order valence-corrected chi connectivity index (χ0v) is 29.0. The van der Waals surface area contributed by atoms with Crippen LogP contribution in [-0.2, 0) is 0 Å². The van der Waals surface area contributed by atoms with Crippen molar-refractivity contribution in [3.63, 3.8) is 0 Å². The lowest BCUT2D eigenvalue weighted by molar-refractivity contribution is 1.07. The minimum absolute atomic E-state index is 0.565. The molecule has 7 aromatic carbocycles. The van der Waals surface area contributed by atoms with Gasteiger partial charge < -0.3 is 0 Å². The lowest BCUT2D eigenvalue weighted by Crippen LogP contribution is -2.00. The first-order valence-electron chi connectivity index (χ1n) is 17.6. The number of rotatable bonds is 7. The van der Waals surface area contributed by atoms with Crippen molar-refractivity contribution in [1.82, 2.24) is 24.9 Å². The standard InChI is InChI=1S/C48H30N6/c49-31-32-25-27-33(28-26-32)36-17-11-19-38(29-36)46-52-45(35-15-5-2-6-16-35)53-47(54-46)39-20-12-18-37(30-39)40-21-7-8-22-41(40)48-50-43-24-10-9-23-42(43)44(51-48)34-13-3-1-4-14-34/h1-30H. The van der Waals surface area contributed by atoms with Crippen LogP contribution in [0.3, 0.4) is 0 Å². The summed E-state index contributed by atoms with van der Waals surface area (Å²) in [5, 5.41) is 10.3. The van der Waals surface area contributed by atoms with Gasteiger partial charge in [0.15, 0.2) is 23.3 Å². The number of nitriles is 1. The van der Waals surface area contributed by atoms with Gasteiger partial charge in [0.1, 0.15) is 0 Å². The number of hydrogen-bond donors (Lipinski definition) is 0. The molecule has 0 aliphatic carbocycles. The van der Waals surface area contributed by atoms with Gasteiger partial charge in [-0.2, -0.15) is 5.26 Å². The largest absolute Gasteiger partial charge is 0.228 e. The van der Waals surface area contributed by atoms with Crippen LogP contribution in [0.5, 0.6) is 0 Å². The van der Waals surface area contributed by atoms with E-state index < -0.39 is 0 Å². The Hall–Kier alpha value is -7.62. The molecular formula is C48H30N6. The lowest BCUT2D eigenvalue weighted by atomic mass is 9.97. The van der Waals surface area contributed by atoms with Gasteiger partial charge >= 0.3 is 0 Å². The van der Waals surface area contributed by atoms with Gasteiger partial charge in [0, 0.05) is 33.2 Å². The Kier molecular flexibility index (Phi) is 8.48. The number of benzene rings is 7. The van der Waals surface area contributed by atoms with Crippen molar-refractivity contribution in [3.05, 3.63) is 188 Å². The van der Waals surface area contributed by atoms with Crippen molar-refractivity contribution in [1.29, 1.82) is 5.26 Å². The molecule has 6 nitrogen and oxygen atoms in total. The number of nitrogens with zero attached hydrogens (tertiary/aromatic N) is 6. The van der Waals surface area contributed by atoms with E-state index in [0.29, 0.717) is 28.9 Å². The Morgan fingerprint density at radius 2 is 0.852 bits per heavy atom. The van der Waals surface area contributed by atoms with Crippen LogP contribution in [0.15, 0.2) is 182 Å². The summed E-state index contributed by atoms with van der Waals surface area (Å²) in [5.74, 6) is 2.38. The maximum Gasteiger partial charge on any atom is 0.164 e. The Morgan fingerprint density at radius 1 is 0.333 bits per heavy atom. The molecule has 0 aliphatic rings. The number of fused-ring (bicyclic) bond motifs is 1. The summed E-state index contributed by atoms with van der Waals surface area (Å²) < 4.78 is 0. The summed E-state index contributed by atoms with van der Waals surface area (Å²) in [6, 6.07) is 62.9. The maximum absolute atomic E-state index is 9.29. The topological polar surface area (TPSA) is 88.2 Å². The average molecular weight is 691 g/mol.